The van der Waals surface area contributed by atoms with Crippen LogP contribution in [-0.2, 0) is 33.5 Å². The Hall–Kier alpha value is -4.25. The second kappa shape index (κ2) is 11.9. The molecule has 0 saturated carbocycles. The van der Waals surface area contributed by atoms with Gasteiger partial charge in [-0.15, -0.1) is 0 Å². The minimum absolute atomic E-state index is 0.0687. The fourth-order valence-corrected chi connectivity index (χ4v) is 5.45. The minimum atomic E-state index is -4.53. The number of benzene rings is 3. The van der Waals surface area contributed by atoms with E-state index in [1.807, 2.05) is 30.3 Å². The third-order valence-corrected chi connectivity index (χ3v) is 7.69. The largest absolute Gasteiger partial charge is 0.416 e. The van der Waals surface area contributed by atoms with Gasteiger partial charge in [-0.1, -0.05) is 42.5 Å². The lowest BCUT2D eigenvalue weighted by molar-refractivity contribution is -0.143. The summed E-state index contributed by atoms with van der Waals surface area (Å²) in [5.74, 6) is -1.74. The number of alkyl halides is 3. The molecule has 1 unspecified atom stereocenters. The number of carbonyl (C=O) groups excluding carboxylic acids is 3. The molecule has 1 spiro atoms. The number of ether oxygens (including phenoxy) is 1. The maximum atomic E-state index is 13.8. The second-order valence-corrected chi connectivity index (χ2v) is 10.4. The lowest BCUT2D eigenvalue weighted by Gasteiger charge is -2.44. The fraction of sp³-hybridized carbons (Fsp3) is 0.323. The zero-order chi connectivity index (χ0) is 29.9. The lowest BCUT2D eigenvalue weighted by atomic mass is 9.96. The number of likely N-dealkylation sites (tertiary alicyclic amines) is 1. The average molecular weight is 584 g/mol. The molecule has 0 radical (unpaired) electrons. The van der Waals surface area contributed by atoms with Gasteiger partial charge < -0.3 is 15.0 Å². The van der Waals surface area contributed by atoms with Crippen molar-refractivity contribution in [3.05, 3.63) is 107 Å². The average Bonchev–Trinajstić information content (AvgIpc) is 3.34. The molecule has 5 rings (SSSR count). The van der Waals surface area contributed by atoms with Crippen molar-refractivity contribution in [2.45, 2.75) is 43.8 Å². The maximum absolute atomic E-state index is 13.8. The molecule has 0 aromatic heterocycles. The number of amides is 3. The molecule has 1 atom stereocenters. The zero-order valence-corrected chi connectivity index (χ0v) is 22.6. The molecule has 1 N–H and O–H groups in total. The van der Waals surface area contributed by atoms with Gasteiger partial charge in [-0.2, -0.15) is 13.2 Å². The first-order valence-electron chi connectivity index (χ1n) is 13.5. The highest BCUT2D eigenvalue weighted by Gasteiger charge is 2.54. The molecule has 3 aromatic rings. The molecule has 2 aliphatic rings. The molecular formula is C31H29F4N3O4. The van der Waals surface area contributed by atoms with Crippen LogP contribution in [0.1, 0.15) is 39.9 Å². The van der Waals surface area contributed by atoms with Gasteiger partial charge in [0.05, 0.1) is 18.6 Å². The molecule has 2 fully saturated rings. The molecule has 7 nitrogen and oxygen atoms in total. The van der Waals surface area contributed by atoms with E-state index in [4.69, 9.17) is 4.74 Å². The van der Waals surface area contributed by atoms with Gasteiger partial charge in [0, 0.05) is 38.0 Å². The predicted octanol–water partition coefficient (Wildman–Crippen LogP) is 4.56. The number of rotatable bonds is 6. The van der Waals surface area contributed by atoms with Gasteiger partial charge in [0.2, 0.25) is 11.8 Å². The van der Waals surface area contributed by atoms with Crippen LogP contribution >= 0.6 is 0 Å². The highest BCUT2D eigenvalue weighted by Crippen LogP contribution is 2.39. The van der Waals surface area contributed by atoms with Crippen molar-refractivity contribution in [1.82, 2.24) is 15.1 Å². The van der Waals surface area contributed by atoms with Gasteiger partial charge in [0.25, 0.3) is 5.91 Å². The summed E-state index contributed by atoms with van der Waals surface area (Å²) in [6.07, 6.45) is -3.80. The molecule has 11 heteroatoms. The normalized spacial score (nSPS) is 18.2. The van der Waals surface area contributed by atoms with E-state index in [0.29, 0.717) is 0 Å². The van der Waals surface area contributed by atoms with E-state index in [9.17, 15) is 31.9 Å². The van der Waals surface area contributed by atoms with Crippen molar-refractivity contribution in [2.75, 3.05) is 19.7 Å². The van der Waals surface area contributed by atoms with E-state index < -0.39 is 41.1 Å². The molecule has 42 heavy (non-hydrogen) atoms. The Kier molecular flexibility index (Phi) is 8.31. The van der Waals surface area contributed by atoms with Gasteiger partial charge in [0.15, 0.2) is 0 Å². The van der Waals surface area contributed by atoms with E-state index in [0.717, 1.165) is 29.8 Å². The Bertz CT molecular complexity index is 1440. The Morgan fingerprint density at radius 3 is 2.24 bits per heavy atom. The van der Waals surface area contributed by atoms with Crippen molar-refractivity contribution >= 4 is 17.7 Å². The molecule has 0 bridgehead atoms. The Balaban J connectivity index is 1.33. The van der Waals surface area contributed by atoms with Crippen molar-refractivity contribution in [3.63, 3.8) is 0 Å². The van der Waals surface area contributed by atoms with Crippen LogP contribution in [0, 0.1) is 5.82 Å². The van der Waals surface area contributed by atoms with Crippen LogP contribution in [0.25, 0.3) is 0 Å². The van der Waals surface area contributed by atoms with Gasteiger partial charge in [-0.05, 0) is 47.5 Å². The topological polar surface area (TPSA) is 79.0 Å². The lowest BCUT2D eigenvalue weighted by Crippen LogP contribution is -2.59. The van der Waals surface area contributed by atoms with E-state index in [2.05, 4.69) is 5.32 Å². The number of halogens is 4. The molecule has 2 heterocycles. The third-order valence-electron chi connectivity index (χ3n) is 7.69. The van der Waals surface area contributed by atoms with Crippen LogP contribution in [0.2, 0.25) is 0 Å². The summed E-state index contributed by atoms with van der Waals surface area (Å²) in [5.41, 5.74) is -0.745. The number of hydrogen-bond acceptors (Lipinski definition) is 4. The molecule has 0 aliphatic carbocycles. The van der Waals surface area contributed by atoms with E-state index in [-0.39, 0.29) is 62.5 Å². The fourth-order valence-electron chi connectivity index (χ4n) is 5.45. The zero-order valence-electron chi connectivity index (χ0n) is 22.6. The SMILES string of the molecule is O=C(NCc1cccc(C(F)(F)F)c1)C1COC2(CCN(C(=O)Cc3ccccc3)CC2)N1C(=O)c1ccc(F)cc1. The monoisotopic (exact) mass is 583 g/mol. The summed E-state index contributed by atoms with van der Waals surface area (Å²) >= 11 is 0. The van der Waals surface area contributed by atoms with Crippen LogP contribution in [0.5, 0.6) is 0 Å². The van der Waals surface area contributed by atoms with Crippen molar-refractivity contribution in [1.29, 1.82) is 0 Å². The minimum Gasteiger partial charge on any atom is -0.353 e. The third kappa shape index (κ3) is 6.30. The van der Waals surface area contributed by atoms with Gasteiger partial charge in [0.1, 0.15) is 17.6 Å². The Morgan fingerprint density at radius 2 is 1.57 bits per heavy atom. The van der Waals surface area contributed by atoms with Crippen LogP contribution in [-0.4, -0.2) is 59.0 Å². The first-order chi connectivity index (χ1) is 20.1. The molecule has 220 valence electrons. The van der Waals surface area contributed by atoms with E-state index in [1.54, 1.807) is 4.90 Å². The van der Waals surface area contributed by atoms with E-state index in [1.165, 1.54) is 29.2 Å². The van der Waals surface area contributed by atoms with Gasteiger partial charge >= 0.3 is 6.18 Å². The Morgan fingerprint density at radius 1 is 0.905 bits per heavy atom. The molecule has 2 aliphatic heterocycles. The number of nitrogens with zero attached hydrogens (tertiary/aromatic N) is 2. The first-order valence-corrected chi connectivity index (χ1v) is 13.5. The van der Waals surface area contributed by atoms with Crippen molar-refractivity contribution in [3.8, 4) is 0 Å². The van der Waals surface area contributed by atoms with Crippen LogP contribution in [0.4, 0.5) is 17.6 Å². The standard InChI is InChI=1S/C31H29F4N3O4/c32-25-11-9-23(10-12-25)29(41)38-26(28(40)36-19-22-7-4-8-24(17-22)31(33,34)35)20-42-30(38)13-15-37(16-14-30)27(39)18-21-5-2-1-3-6-21/h1-12,17,26H,13-16,18-20H2,(H,36,40). The number of carbonyl (C=O) groups is 3. The highest BCUT2D eigenvalue weighted by molar-refractivity contribution is 5.98. The molecule has 2 saturated heterocycles. The molecule has 3 amide bonds. The number of hydrogen-bond donors (Lipinski definition) is 1. The van der Waals surface area contributed by atoms with Crippen LogP contribution < -0.4 is 5.32 Å². The predicted molar refractivity (Wildman–Crippen MR) is 144 cm³/mol. The summed E-state index contributed by atoms with van der Waals surface area (Å²) in [6, 6.07) is 17.8. The van der Waals surface area contributed by atoms with Gasteiger partial charge in [-0.3, -0.25) is 19.3 Å². The van der Waals surface area contributed by atoms with E-state index >= 15 is 0 Å². The van der Waals surface area contributed by atoms with Crippen molar-refractivity contribution < 1.29 is 36.7 Å². The maximum Gasteiger partial charge on any atom is 0.416 e. The second-order valence-electron chi connectivity index (χ2n) is 10.4. The summed E-state index contributed by atoms with van der Waals surface area (Å²) in [7, 11) is 0. The molecule has 3 aromatic carbocycles. The quantitative estimate of drug-likeness (QED) is 0.432. The van der Waals surface area contributed by atoms with Crippen LogP contribution in [0.15, 0.2) is 78.9 Å². The highest BCUT2D eigenvalue weighted by atomic mass is 19.4. The number of nitrogens with one attached hydrogen (secondary N) is 1. The van der Waals surface area contributed by atoms with Crippen LogP contribution in [0.3, 0.4) is 0 Å². The molecular weight excluding hydrogens is 554 g/mol. The Labute approximate surface area is 240 Å². The summed E-state index contributed by atoms with van der Waals surface area (Å²) in [4.78, 5) is 43.1. The van der Waals surface area contributed by atoms with Crippen molar-refractivity contribution in [2.24, 2.45) is 0 Å². The first kappa shape index (κ1) is 29.2. The smallest absolute Gasteiger partial charge is 0.353 e. The number of piperidine rings is 1. The van der Waals surface area contributed by atoms with Gasteiger partial charge in [-0.25, -0.2) is 4.39 Å². The summed E-state index contributed by atoms with van der Waals surface area (Å²) < 4.78 is 59.1. The summed E-state index contributed by atoms with van der Waals surface area (Å²) in [6.45, 7) is 0.251. The summed E-state index contributed by atoms with van der Waals surface area (Å²) in [5, 5.41) is 2.64.